The van der Waals surface area contributed by atoms with Gasteiger partial charge in [-0.15, -0.1) is 0 Å². The fourth-order valence-electron chi connectivity index (χ4n) is 2.74. The minimum absolute atomic E-state index is 0.480. The van der Waals surface area contributed by atoms with E-state index in [1.54, 1.807) is 50.2 Å². The van der Waals surface area contributed by atoms with E-state index in [0.717, 1.165) is 22.3 Å². The van der Waals surface area contributed by atoms with Gasteiger partial charge in [-0.25, -0.2) is 0 Å². The van der Waals surface area contributed by atoms with Gasteiger partial charge in [-0.3, -0.25) is 0 Å². The molecule has 0 radical (unpaired) electrons. The topological polar surface area (TPSA) is 43.4 Å². The Bertz CT molecular complexity index is 1250. The van der Waals surface area contributed by atoms with Crippen molar-refractivity contribution >= 4 is 30.4 Å². The first-order valence-electron chi connectivity index (χ1n) is 9.16. The molecule has 3 aromatic rings. The molecule has 0 aliphatic carbocycles. The van der Waals surface area contributed by atoms with Crippen LogP contribution in [-0.4, -0.2) is 8.42 Å². The average Bonchev–Trinajstić information content (AvgIpc) is 2.73. The van der Waals surface area contributed by atoms with Crippen LogP contribution in [0.5, 0.6) is 0 Å². The molecule has 3 rings (SSSR count). The van der Waals surface area contributed by atoms with Crippen molar-refractivity contribution in [1.29, 1.82) is 0 Å². The van der Waals surface area contributed by atoms with Crippen LogP contribution in [0.25, 0.3) is 0 Å². The molecule has 0 saturated heterocycles. The van der Waals surface area contributed by atoms with Gasteiger partial charge in [-0.1, -0.05) is 0 Å². The first kappa shape index (κ1) is 24.6. The van der Waals surface area contributed by atoms with E-state index in [2.05, 4.69) is 0 Å². The Morgan fingerprint density at radius 1 is 0.625 bits per heavy atom. The average molecular weight is 584 g/mol. The molecule has 0 heterocycles. The van der Waals surface area contributed by atoms with Crippen molar-refractivity contribution in [2.75, 3.05) is 0 Å². The van der Waals surface area contributed by atoms with Gasteiger partial charge in [0.1, 0.15) is 0 Å². The molecule has 0 saturated carbocycles. The maximum absolute atomic E-state index is 14.2. The third-order valence-electron chi connectivity index (χ3n) is 4.90. The molecule has 0 aliphatic heterocycles. The van der Waals surface area contributed by atoms with Gasteiger partial charge in [0.15, 0.2) is 0 Å². The van der Waals surface area contributed by atoms with E-state index in [-0.39, 0.29) is 0 Å². The van der Waals surface area contributed by atoms with Crippen LogP contribution >= 0.6 is 20.2 Å². The Kier molecular flexibility index (Phi) is 6.97. The molecule has 0 atom stereocenters. The molecular weight excluding hydrogens is 566 g/mol. The summed E-state index contributed by atoms with van der Waals surface area (Å²) in [6, 6.07) is 10.1. The van der Waals surface area contributed by atoms with Crippen LogP contribution < -0.4 is 0 Å². The Balaban J connectivity index is 2.21. The molecule has 0 spiro atoms. The fraction of sp³-hybridized carbons (Fsp3) is 0.182. The molecule has 0 aliphatic rings. The number of hydrogen-bond acceptors (Lipinski definition) is 3. The summed E-state index contributed by atoms with van der Waals surface area (Å²) in [5.41, 5.74) is 3.50. The summed E-state index contributed by atoms with van der Waals surface area (Å²) in [6.45, 7) is 7.29. The Hall–Kier alpha value is -2.05. The van der Waals surface area contributed by atoms with Crippen LogP contribution in [0, 0.1) is 63.9 Å². The van der Waals surface area contributed by atoms with Crippen molar-refractivity contribution in [3.05, 3.63) is 94.9 Å². The second-order valence-corrected chi connectivity index (χ2v) is 13.6. The molecule has 172 valence electrons. The fourth-order valence-corrected chi connectivity index (χ4v) is 10.2. The summed E-state index contributed by atoms with van der Waals surface area (Å²) in [7, 11) is -5.35. The third kappa shape index (κ3) is 4.53. The molecule has 0 N–H and O–H groups in total. The first-order valence-corrected chi connectivity index (χ1v) is 13.6. The maximum atomic E-state index is 14.2. The number of aryl methyl sites for hydroxylation is 4. The molecule has 32 heavy (non-hydrogen) atoms. The van der Waals surface area contributed by atoms with E-state index in [9.17, 15) is 30.4 Å². The summed E-state index contributed by atoms with van der Waals surface area (Å²) in [5.74, 6) is -12.1. The summed E-state index contributed by atoms with van der Waals surface area (Å²) < 4.78 is 101. The van der Waals surface area contributed by atoms with Crippen LogP contribution in [-0.2, 0) is 12.6 Å². The zero-order chi connectivity index (χ0) is 24.0. The van der Waals surface area contributed by atoms with Gasteiger partial charge in [0.25, 0.3) is 0 Å². The summed E-state index contributed by atoms with van der Waals surface area (Å²) in [4.78, 5) is -2.00. The molecule has 0 unspecified atom stereocenters. The predicted molar refractivity (Wildman–Crippen MR) is 118 cm³/mol. The normalized spacial score (nSPS) is 12.2. The van der Waals surface area contributed by atoms with Crippen molar-refractivity contribution in [2.24, 2.45) is 0 Å². The predicted octanol–water partition coefficient (Wildman–Crippen LogP) is 6.48. The van der Waals surface area contributed by atoms with Crippen LogP contribution in [0.15, 0.2) is 41.3 Å². The number of halogens is 6. The third-order valence-corrected chi connectivity index (χ3v) is 12.2. The zero-order valence-electron chi connectivity index (χ0n) is 17.4. The van der Waals surface area contributed by atoms with Gasteiger partial charge in [-0.2, -0.15) is 0 Å². The van der Waals surface area contributed by atoms with Gasteiger partial charge in [0.2, 0.25) is 0 Å². The van der Waals surface area contributed by atoms with Crippen LogP contribution in [0.4, 0.5) is 22.0 Å². The van der Waals surface area contributed by atoms with E-state index in [1.165, 1.54) is 0 Å². The van der Waals surface area contributed by atoms with Gasteiger partial charge < -0.3 is 0 Å². The van der Waals surface area contributed by atoms with Crippen molar-refractivity contribution in [2.45, 2.75) is 32.6 Å². The van der Waals surface area contributed by atoms with Crippen LogP contribution in [0.1, 0.15) is 22.3 Å². The van der Waals surface area contributed by atoms with Gasteiger partial charge >= 0.3 is 191 Å². The van der Waals surface area contributed by atoms with Gasteiger partial charge in [0.05, 0.1) is 0 Å². The molecule has 10 heteroatoms. The molecule has 0 fully saturated rings. The van der Waals surface area contributed by atoms with E-state index in [1.807, 2.05) is 13.8 Å². The SMILES string of the molecule is Cc1ccc(I(OS(=O)(=O)c2c(F)c(F)c(F)c(F)c2F)c2ccc(C)c(C)c2)cc1C. The standard InChI is InChI=1S/C22H18F5IO3S/c1-11-5-7-15(9-13(11)3)28(16-8-6-12(2)14(4)10-16)31-32(29,30)22-20(26)18(24)17(23)19(25)21(22)27/h5-10H,1-4H3. The molecular formula is C22H18F5IO3S. The van der Waals surface area contributed by atoms with Crippen molar-refractivity contribution in [3.63, 3.8) is 0 Å². The van der Waals surface area contributed by atoms with Crippen molar-refractivity contribution < 1.29 is 32.9 Å². The zero-order valence-corrected chi connectivity index (χ0v) is 20.3. The summed E-state index contributed by atoms with van der Waals surface area (Å²) in [5, 5.41) is 0. The minimum atomic E-state index is -5.35. The van der Waals surface area contributed by atoms with E-state index < -0.39 is 64.3 Å². The van der Waals surface area contributed by atoms with Crippen LogP contribution in [0.2, 0.25) is 0 Å². The molecule has 0 amide bonds. The van der Waals surface area contributed by atoms with Gasteiger partial charge in [-0.05, 0) is 0 Å². The van der Waals surface area contributed by atoms with Crippen molar-refractivity contribution in [3.8, 4) is 0 Å². The van der Waals surface area contributed by atoms with Gasteiger partial charge in [0, 0.05) is 0 Å². The monoisotopic (exact) mass is 584 g/mol. The van der Waals surface area contributed by atoms with E-state index in [4.69, 9.17) is 2.51 Å². The summed E-state index contributed by atoms with van der Waals surface area (Å²) >= 11 is -3.42. The number of rotatable bonds is 5. The molecule has 0 aromatic heterocycles. The Morgan fingerprint density at radius 2 is 1.00 bits per heavy atom. The quantitative estimate of drug-likeness (QED) is 0.149. The Labute approximate surface area is 190 Å². The van der Waals surface area contributed by atoms with E-state index in [0.29, 0.717) is 7.14 Å². The van der Waals surface area contributed by atoms with Crippen molar-refractivity contribution in [1.82, 2.24) is 0 Å². The number of benzene rings is 3. The Morgan fingerprint density at radius 3 is 1.38 bits per heavy atom. The summed E-state index contributed by atoms with van der Waals surface area (Å²) in [6.07, 6.45) is 0. The van der Waals surface area contributed by atoms with Crippen LogP contribution in [0.3, 0.4) is 0 Å². The second-order valence-electron chi connectivity index (χ2n) is 7.12. The molecule has 3 nitrogen and oxygen atoms in total. The number of hydrogen-bond donors (Lipinski definition) is 0. The van der Waals surface area contributed by atoms with E-state index >= 15 is 0 Å². The second kappa shape index (κ2) is 9.06. The first-order chi connectivity index (χ1) is 14.8. The molecule has 3 aromatic carbocycles. The molecule has 0 bridgehead atoms.